The molecule has 1 N–H and O–H groups in total. The second-order valence-corrected chi connectivity index (χ2v) is 7.83. The summed E-state index contributed by atoms with van der Waals surface area (Å²) in [5.74, 6) is 0.334. The molecule has 0 saturated carbocycles. The summed E-state index contributed by atoms with van der Waals surface area (Å²) in [6, 6.07) is 4.74. The third-order valence-corrected chi connectivity index (χ3v) is 4.27. The molecule has 1 aliphatic rings. The topological polar surface area (TPSA) is 85.8 Å². The highest BCUT2D eigenvalue weighted by Crippen LogP contribution is 2.27. The second-order valence-electron chi connectivity index (χ2n) is 7.83. The number of amides is 1. The number of carbonyl (C=O) groups excluding carboxylic acids is 1. The van der Waals surface area contributed by atoms with Gasteiger partial charge in [0.05, 0.1) is 37.8 Å². The first-order valence-corrected chi connectivity index (χ1v) is 9.86. The number of nitrogens with one attached hydrogen (secondary N) is 1. The van der Waals surface area contributed by atoms with Crippen LogP contribution in [0.4, 0.5) is 20.8 Å². The Balaban J connectivity index is 1.66. The van der Waals surface area contributed by atoms with E-state index in [0.29, 0.717) is 37.6 Å². The van der Waals surface area contributed by atoms with Gasteiger partial charge in [0.1, 0.15) is 17.5 Å². The van der Waals surface area contributed by atoms with Crippen molar-refractivity contribution in [1.29, 1.82) is 0 Å². The zero-order valence-corrected chi connectivity index (χ0v) is 17.6. The molecule has 2 heterocycles. The van der Waals surface area contributed by atoms with Crippen molar-refractivity contribution in [2.45, 2.75) is 39.4 Å². The maximum Gasteiger partial charge on any atom is 0.410 e. The Labute approximate surface area is 175 Å². The largest absolute Gasteiger partial charge is 0.491 e. The van der Waals surface area contributed by atoms with E-state index in [1.54, 1.807) is 17.0 Å². The lowest BCUT2D eigenvalue weighted by Gasteiger charge is -2.34. The predicted octanol–water partition coefficient (Wildman–Crippen LogP) is 4.07. The van der Waals surface area contributed by atoms with Crippen molar-refractivity contribution in [1.82, 2.24) is 14.9 Å². The number of morpholine rings is 1. The van der Waals surface area contributed by atoms with Gasteiger partial charge < -0.3 is 24.4 Å². The second kappa shape index (κ2) is 9.25. The lowest BCUT2D eigenvalue weighted by molar-refractivity contribution is -0.0433. The molecule has 1 aromatic heterocycles. The summed E-state index contributed by atoms with van der Waals surface area (Å²) in [7, 11) is 0. The minimum atomic E-state index is -0.576. The van der Waals surface area contributed by atoms with Crippen LogP contribution in [-0.2, 0) is 9.47 Å². The van der Waals surface area contributed by atoms with Gasteiger partial charge in [-0.2, -0.15) is 0 Å². The fourth-order valence-corrected chi connectivity index (χ4v) is 2.92. The minimum Gasteiger partial charge on any atom is -0.491 e. The number of aromatic nitrogens is 2. The summed E-state index contributed by atoms with van der Waals surface area (Å²) in [6.07, 6.45) is 2.21. The van der Waals surface area contributed by atoms with Crippen molar-refractivity contribution in [3.8, 4) is 5.75 Å². The average Bonchev–Trinajstić information content (AvgIpc) is 2.70. The molecule has 1 saturated heterocycles. The summed E-state index contributed by atoms with van der Waals surface area (Å²) in [4.78, 5) is 22.1. The molecule has 1 aliphatic heterocycles. The fourth-order valence-electron chi connectivity index (χ4n) is 2.92. The van der Waals surface area contributed by atoms with Gasteiger partial charge in [-0.15, -0.1) is 0 Å². The fraction of sp³-hybridized carbons (Fsp3) is 0.476. The smallest absolute Gasteiger partial charge is 0.410 e. The number of nitrogens with zero attached hydrogens (tertiary/aromatic N) is 3. The van der Waals surface area contributed by atoms with Crippen LogP contribution in [0.3, 0.4) is 0 Å². The van der Waals surface area contributed by atoms with Gasteiger partial charge >= 0.3 is 6.09 Å². The number of hydrogen-bond acceptors (Lipinski definition) is 7. The van der Waals surface area contributed by atoms with Crippen molar-refractivity contribution in [3.63, 3.8) is 0 Å². The molecule has 8 nitrogen and oxygen atoms in total. The highest BCUT2D eigenvalue weighted by atomic mass is 19.1. The van der Waals surface area contributed by atoms with E-state index < -0.39 is 23.6 Å². The van der Waals surface area contributed by atoms with E-state index >= 15 is 0 Å². The van der Waals surface area contributed by atoms with Gasteiger partial charge in [0.15, 0.2) is 5.75 Å². The van der Waals surface area contributed by atoms with Gasteiger partial charge in [-0.25, -0.2) is 19.2 Å². The lowest BCUT2D eigenvalue weighted by Crippen LogP contribution is -2.44. The molecule has 162 valence electrons. The van der Waals surface area contributed by atoms with Gasteiger partial charge in [-0.05, 0) is 45.4 Å². The van der Waals surface area contributed by atoms with E-state index in [0.717, 1.165) is 0 Å². The number of carbonyl (C=O) groups is 1. The first-order chi connectivity index (χ1) is 14.2. The van der Waals surface area contributed by atoms with Crippen molar-refractivity contribution in [3.05, 3.63) is 42.0 Å². The minimum absolute atomic E-state index is 0.239. The number of hydrogen-bond donors (Lipinski definition) is 1. The quantitative estimate of drug-likeness (QED) is 0.783. The number of anilines is 2. The molecule has 1 unspecified atom stereocenters. The Hall–Kier alpha value is -2.94. The number of ether oxygens (including phenoxy) is 3. The summed E-state index contributed by atoms with van der Waals surface area (Å²) in [5, 5.41) is 2.85. The van der Waals surface area contributed by atoms with Crippen LogP contribution in [0, 0.1) is 5.82 Å². The molecule has 1 fully saturated rings. The van der Waals surface area contributed by atoms with E-state index in [9.17, 15) is 9.18 Å². The van der Waals surface area contributed by atoms with Crippen molar-refractivity contribution in [2.75, 3.05) is 31.6 Å². The van der Waals surface area contributed by atoms with Crippen molar-refractivity contribution >= 4 is 17.7 Å². The highest BCUT2D eigenvalue weighted by molar-refractivity contribution is 5.68. The average molecular weight is 418 g/mol. The summed E-state index contributed by atoms with van der Waals surface area (Å²) in [5.41, 5.74) is 0.300. The third-order valence-electron chi connectivity index (χ3n) is 4.27. The van der Waals surface area contributed by atoms with E-state index in [4.69, 9.17) is 14.2 Å². The molecule has 1 aromatic carbocycles. The van der Waals surface area contributed by atoms with Crippen LogP contribution in [-0.4, -0.2) is 52.9 Å². The van der Waals surface area contributed by atoms with E-state index in [1.807, 2.05) is 27.7 Å². The van der Waals surface area contributed by atoms with Gasteiger partial charge in [-0.1, -0.05) is 6.07 Å². The maximum atomic E-state index is 14.7. The Morgan fingerprint density at radius 3 is 2.70 bits per heavy atom. The number of benzene rings is 1. The molecule has 9 heteroatoms. The molecule has 3 rings (SSSR count). The monoisotopic (exact) mass is 418 g/mol. The molecule has 1 amide bonds. The Morgan fingerprint density at radius 2 is 2.07 bits per heavy atom. The normalized spacial score (nSPS) is 16.8. The van der Waals surface area contributed by atoms with E-state index in [1.165, 1.54) is 18.5 Å². The maximum absolute atomic E-state index is 14.7. The molecule has 0 spiro atoms. The third kappa shape index (κ3) is 5.79. The summed E-state index contributed by atoms with van der Waals surface area (Å²) < 4.78 is 31.1. The summed E-state index contributed by atoms with van der Waals surface area (Å²) in [6.45, 7) is 8.91. The van der Waals surface area contributed by atoms with Gasteiger partial charge in [0.25, 0.3) is 0 Å². The van der Waals surface area contributed by atoms with Crippen LogP contribution in [0.25, 0.3) is 0 Å². The molecule has 2 aromatic rings. The number of halogens is 1. The highest BCUT2D eigenvalue weighted by Gasteiger charge is 2.29. The molecule has 0 bridgehead atoms. The molecule has 0 aliphatic carbocycles. The van der Waals surface area contributed by atoms with Gasteiger partial charge in [-0.3, -0.25) is 0 Å². The van der Waals surface area contributed by atoms with Crippen LogP contribution >= 0.6 is 0 Å². The van der Waals surface area contributed by atoms with Crippen LogP contribution in [0.5, 0.6) is 5.75 Å². The zero-order valence-electron chi connectivity index (χ0n) is 17.6. The van der Waals surface area contributed by atoms with Crippen molar-refractivity contribution < 1.29 is 23.4 Å². The SMILES string of the molecule is CCOc1cnc(Nc2ccc(C3CN(C(=O)OC(C)(C)C)CCO3)cc2F)nc1. The van der Waals surface area contributed by atoms with Gasteiger partial charge in [0.2, 0.25) is 5.95 Å². The summed E-state index contributed by atoms with van der Waals surface area (Å²) >= 11 is 0. The molecule has 0 radical (unpaired) electrons. The van der Waals surface area contributed by atoms with Gasteiger partial charge in [0, 0.05) is 6.54 Å². The zero-order chi connectivity index (χ0) is 21.7. The first kappa shape index (κ1) is 21.8. The van der Waals surface area contributed by atoms with Crippen molar-refractivity contribution in [2.24, 2.45) is 0 Å². The molecular weight excluding hydrogens is 391 g/mol. The van der Waals surface area contributed by atoms with Crippen LogP contribution in [0.1, 0.15) is 39.4 Å². The molecule has 1 atom stereocenters. The Bertz CT molecular complexity index is 870. The molecular formula is C21H27FN4O4. The Kier molecular flexibility index (Phi) is 6.71. The van der Waals surface area contributed by atoms with E-state index in [-0.39, 0.29) is 11.6 Å². The standard InChI is InChI=1S/C21H27FN4O4/c1-5-28-15-11-23-19(24-12-15)25-17-7-6-14(10-16(17)22)18-13-26(8-9-29-18)20(27)30-21(2,3)4/h6-7,10-12,18H,5,8-9,13H2,1-4H3,(H,23,24,25). The lowest BCUT2D eigenvalue weighted by atomic mass is 10.1. The Morgan fingerprint density at radius 1 is 1.33 bits per heavy atom. The van der Waals surface area contributed by atoms with Crippen LogP contribution < -0.4 is 10.1 Å². The van der Waals surface area contributed by atoms with E-state index in [2.05, 4.69) is 15.3 Å². The predicted molar refractivity (Wildman–Crippen MR) is 109 cm³/mol. The molecule has 30 heavy (non-hydrogen) atoms. The van der Waals surface area contributed by atoms with Crippen LogP contribution in [0.15, 0.2) is 30.6 Å². The van der Waals surface area contributed by atoms with Crippen LogP contribution in [0.2, 0.25) is 0 Å². The number of rotatable bonds is 5. The first-order valence-electron chi connectivity index (χ1n) is 9.86.